The highest BCUT2D eigenvalue weighted by molar-refractivity contribution is 5.73. The van der Waals surface area contributed by atoms with Crippen molar-refractivity contribution in [2.45, 2.75) is 13.3 Å². The van der Waals surface area contributed by atoms with Crippen LogP contribution in [0.1, 0.15) is 17.9 Å². The maximum atomic E-state index is 4.70. The third-order valence-electron chi connectivity index (χ3n) is 3.16. The van der Waals surface area contributed by atoms with Gasteiger partial charge in [-0.3, -0.25) is 0 Å². The molecular formula is C18H16N2. The molecule has 0 unspecified atom stereocenters. The van der Waals surface area contributed by atoms with Gasteiger partial charge in [0, 0.05) is 16.8 Å². The van der Waals surface area contributed by atoms with Crippen LogP contribution < -0.4 is 0 Å². The summed E-state index contributed by atoms with van der Waals surface area (Å²) in [5.74, 6) is 0.784. The summed E-state index contributed by atoms with van der Waals surface area (Å²) in [7, 11) is 0. The van der Waals surface area contributed by atoms with Crippen LogP contribution in [0.5, 0.6) is 0 Å². The number of nitrogens with zero attached hydrogens (tertiary/aromatic N) is 2. The number of benzene rings is 1. The minimum Gasteiger partial charge on any atom is -0.233 e. The lowest BCUT2D eigenvalue weighted by molar-refractivity contribution is 1.07. The molecule has 2 aromatic rings. The first kappa shape index (κ1) is 12.5. The van der Waals surface area contributed by atoms with Crippen molar-refractivity contribution in [2.24, 2.45) is 0 Å². The van der Waals surface area contributed by atoms with E-state index in [0.717, 1.165) is 34.8 Å². The van der Waals surface area contributed by atoms with Crippen LogP contribution in [0.25, 0.3) is 16.8 Å². The monoisotopic (exact) mass is 260 g/mol. The van der Waals surface area contributed by atoms with Gasteiger partial charge in [0.05, 0.1) is 5.69 Å². The van der Waals surface area contributed by atoms with Gasteiger partial charge in [-0.2, -0.15) is 0 Å². The van der Waals surface area contributed by atoms with E-state index < -0.39 is 0 Å². The molecule has 0 bridgehead atoms. The van der Waals surface area contributed by atoms with Crippen molar-refractivity contribution in [1.82, 2.24) is 9.97 Å². The first-order valence-electron chi connectivity index (χ1n) is 6.78. The van der Waals surface area contributed by atoms with E-state index in [2.05, 4.69) is 47.5 Å². The van der Waals surface area contributed by atoms with E-state index in [9.17, 15) is 0 Å². The first-order chi connectivity index (χ1) is 9.83. The Labute approximate surface area is 119 Å². The highest BCUT2D eigenvalue weighted by Gasteiger charge is 2.07. The van der Waals surface area contributed by atoms with Gasteiger partial charge in [-0.15, -0.1) is 0 Å². The zero-order valence-corrected chi connectivity index (χ0v) is 11.5. The van der Waals surface area contributed by atoms with Crippen molar-refractivity contribution in [3.8, 4) is 11.3 Å². The van der Waals surface area contributed by atoms with Crippen molar-refractivity contribution in [2.75, 3.05) is 0 Å². The fourth-order valence-electron chi connectivity index (χ4n) is 2.18. The fourth-order valence-corrected chi connectivity index (χ4v) is 2.18. The van der Waals surface area contributed by atoms with Gasteiger partial charge in [0.15, 0.2) is 5.82 Å². The predicted molar refractivity (Wildman–Crippen MR) is 83.1 cm³/mol. The Kier molecular flexibility index (Phi) is 3.55. The Balaban J connectivity index is 2.07. The third-order valence-corrected chi connectivity index (χ3v) is 3.16. The number of aromatic nitrogens is 2. The number of hydrogen-bond donors (Lipinski definition) is 0. The zero-order valence-electron chi connectivity index (χ0n) is 11.5. The van der Waals surface area contributed by atoms with Crippen molar-refractivity contribution in [1.29, 1.82) is 0 Å². The van der Waals surface area contributed by atoms with Crippen LogP contribution in [-0.2, 0) is 0 Å². The molecule has 0 saturated heterocycles. The molecule has 1 aromatic heterocycles. The number of rotatable bonds is 2. The molecule has 0 aliphatic heterocycles. The normalized spacial score (nSPS) is 13.9. The minimum absolute atomic E-state index is 0.784. The minimum atomic E-state index is 0.784. The van der Waals surface area contributed by atoms with Crippen LogP contribution in [0.2, 0.25) is 0 Å². The first-order valence-corrected chi connectivity index (χ1v) is 6.78. The Hall–Kier alpha value is -2.48. The summed E-state index contributed by atoms with van der Waals surface area (Å²) in [6.07, 6.45) is 11.4. The molecule has 1 aromatic carbocycles. The van der Waals surface area contributed by atoms with Crippen LogP contribution in [0.3, 0.4) is 0 Å². The third kappa shape index (κ3) is 2.75. The average Bonchev–Trinajstić information content (AvgIpc) is 2.77. The van der Waals surface area contributed by atoms with Crippen LogP contribution in [0.4, 0.5) is 0 Å². The summed E-state index contributed by atoms with van der Waals surface area (Å²) in [5, 5.41) is 0. The lowest BCUT2D eigenvalue weighted by atomic mass is 10.1. The van der Waals surface area contributed by atoms with Crippen molar-refractivity contribution >= 4 is 5.57 Å². The van der Waals surface area contributed by atoms with Gasteiger partial charge >= 0.3 is 0 Å². The molecule has 20 heavy (non-hydrogen) atoms. The van der Waals surface area contributed by atoms with Crippen LogP contribution in [-0.4, -0.2) is 9.97 Å². The molecule has 98 valence electrons. The van der Waals surface area contributed by atoms with Gasteiger partial charge in [-0.25, -0.2) is 9.97 Å². The van der Waals surface area contributed by atoms with Crippen LogP contribution >= 0.6 is 0 Å². The second kappa shape index (κ2) is 5.66. The van der Waals surface area contributed by atoms with Crippen LogP contribution in [0, 0.1) is 6.92 Å². The summed E-state index contributed by atoms with van der Waals surface area (Å²) in [4.78, 5) is 9.26. The quantitative estimate of drug-likeness (QED) is 0.802. The SMILES string of the molecule is Cc1cc(-c2ccccc2)nc(C2=CC=CCC=C2)n1. The van der Waals surface area contributed by atoms with Gasteiger partial charge in [-0.05, 0) is 19.4 Å². The van der Waals surface area contributed by atoms with E-state index in [1.54, 1.807) is 0 Å². The van der Waals surface area contributed by atoms with Crippen molar-refractivity contribution < 1.29 is 0 Å². The number of allylic oxidation sites excluding steroid dienone is 6. The Bertz CT molecular complexity index is 695. The summed E-state index contributed by atoms with van der Waals surface area (Å²) >= 11 is 0. The van der Waals surface area contributed by atoms with Crippen molar-refractivity contribution in [3.63, 3.8) is 0 Å². The maximum Gasteiger partial charge on any atom is 0.159 e. The molecule has 0 amide bonds. The maximum absolute atomic E-state index is 4.70. The second-order valence-electron chi connectivity index (χ2n) is 4.77. The van der Waals surface area contributed by atoms with E-state index in [4.69, 9.17) is 4.98 Å². The molecule has 0 radical (unpaired) electrons. The van der Waals surface area contributed by atoms with Gasteiger partial charge in [0.1, 0.15) is 0 Å². The molecule has 2 nitrogen and oxygen atoms in total. The smallest absolute Gasteiger partial charge is 0.159 e. The topological polar surface area (TPSA) is 25.8 Å². The summed E-state index contributed by atoms with van der Waals surface area (Å²) in [6, 6.07) is 12.2. The molecule has 1 aliphatic rings. The molecule has 0 atom stereocenters. The molecule has 1 aliphatic carbocycles. The molecule has 2 heteroatoms. The van der Waals surface area contributed by atoms with Gasteiger partial charge in [-0.1, -0.05) is 60.7 Å². The van der Waals surface area contributed by atoms with E-state index in [-0.39, 0.29) is 0 Å². The molecule has 0 fully saturated rings. The zero-order chi connectivity index (χ0) is 13.8. The molecule has 0 N–H and O–H groups in total. The molecule has 0 spiro atoms. The fraction of sp³-hybridized carbons (Fsp3) is 0.111. The molecule has 1 heterocycles. The predicted octanol–water partition coefficient (Wildman–Crippen LogP) is 4.35. The van der Waals surface area contributed by atoms with E-state index >= 15 is 0 Å². The van der Waals surface area contributed by atoms with Crippen molar-refractivity contribution in [3.05, 3.63) is 78.3 Å². The van der Waals surface area contributed by atoms with E-state index in [1.165, 1.54) is 0 Å². The Morgan fingerprint density at radius 2 is 1.85 bits per heavy atom. The summed E-state index contributed by atoms with van der Waals surface area (Å²) < 4.78 is 0. The highest BCUT2D eigenvalue weighted by Crippen LogP contribution is 2.21. The van der Waals surface area contributed by atoms with Gasteiger partial charge in [0.25, 0.3) is 0 Å². The van der Waals surface area contributed by atoms with E-state index in [0.29, 0.717) is 0 Å². The average molecular weight is 260 g/mol. The standard InChI is InChI=1S/C18H16N2/c1-14-13-17(15-9-7-4-8-10-15)20-18(19-14)16-11-5-2-3-6-12-16/h2,4-13H,3H2,1H3. The highest BCUT2D eigenvalue weighted by atomic mass is 14.9. The molecule has 3 rings (SSSR count). The largest absolute Gasteiger partial charge is 0.233 e. The Morgan fingerprint density at radius 3 is 2.70 bits per heavy atom. The molecular weight excluding hydrogens is 244 g/mol. The lowest BCUT2D eigenvalue weighted by Crippen LogP contribution is -1.97. The lowest BCUT2D eigenvalue weighted by Gasteiger charge is -2.06. The van der Waals surface area contributed by atoms with Crippen LogP contribution in [0.15, 0.2) is 66.8 Å². The number of hydrogen-bond acceptors (Lipinski definition) is 2. The summed E-state index contributed by atoms with van der Waals surface area (Å²) in [5.41, 5.74) is 4.12. The number of aryl methyl sites for hydroxylation is 1. The van der Waals surface area contributed by atoms with Gasteiger partial charge < -0.3 is 0 Å². The van der Waals surface area contributed by atoms with E-state index in [1.807, 2.05) is 31.2 Å². The summed E-state index contributed by atoms with van der Waals surface area (Å²) in [6.45, 7) is 2.01. The van der Waals surface area contributed by atoms with Gasteiger partial charge in [0.2, 0.25) is 0 Å². The Morgan fingerprint density at radius 1 is 1.00 bits per heavy atom. The second-order valence-corrected chi connectivity index (χ2v) is 4.77. The molecule has 0 saturated carbocycles.